The van der Waals surface area contributed by atoms with E-state index in [-0.39, 0.29) is 0 Å². The molecule has 1 aliphatic carbocycles. The summed E-state index contributed by atoms with van der Waals surface area (Å²) in [7, 11) is 0. The van der Waals surface area contributed by atoms with Crippen LogP contribution in [0.25, 0.3) is 44.5 Å². The monoisotopic (exact) mass is 563 g/mol. The molecule has 0 amide bonds. The minimum Gasteiger partial charge on any atom is -0.443 e. The van der Waals surface area contributed by atoms with Gasteiger partial charge >= 0.3 is 0 Å². The van der Waals surface area contributed by atoms with Crippen LogP contribution in [0.4, 0.5) is 0 Å². The zero-order valence-corrected chi connectivity index (χ0v) is 23.4. The topological polar surface area (TPSA) is 81.2 Å². The van der Waals surface area contributed by atoms with Crippen molar-refractivity contribution in [2.75, 3.05) is 0 Å². The molecule has 0 unspecified atom stereocenters. The number of fused-ring (bicyclic) bond motifs is 3. The Bertz CT molecular complexity index is 1980. The molecule has 0 aliphatic heterocycles. The van der Waals surface area contributed by atoms with Crippen LogP contribution in [0.5, 0.6) is 0 Å². The summed E-state index contributed by atoms with van der Waals surface area (Å²) in [5.41, 5.74) is 12.8. The Hall–Kier alpha value is -5.33. The second-order valence-corrected chi connectivity index (χ2v) is 10.8. The predicted octanol–water partition coefficient (Wildman–Crippen LogP) is 8.06. The van der Waals surface area contributed by atoms with Crippen molar-refractivity contribution in [3.05, 3.63) is 144 Å². The molecule has 0 spiro atoms. The van der Waals surface area contributed by atoms with E-state index in [0.29, 0.717) is 11.6 Å². The lowest BCUT2D eigenvalue weighted by atomic mass is 10.0. The Morgan fingerprint density at radius 2 is 1.16 bits per heavy atom. The molecule has 0 saturated carbocycles. The zero-order chi connectivity index (χ0) is 29.0. The lowest BCUT2D eigenvalue weighted by Gasteiger charge is -2.12. The average molecular weight is 564 g/mol. The summed E-state index contributed by atoms with van der Waals surface area (Å²) in [6.07, 6.45) is 6.02. The first-order valence-electron chi connectivity index (χ1n) is 14.3. The molecule has 43 heavy (non-hydrogen) atoms. The van der Waals surface area contributed by atoms with Crippen molar-refractivity contribution in [2.24, 2.45) is 0 Å². The van der Waals surface area contributed by atoms with Crippen LogP contribution in [0.15, 0.2) is 131 Å². The Morgan fingerprint density at radius 3 is 1.70 bits per heavy atom. The second kappa shape index (κ2) is 11.9. The smallest absolute Gasteiger partial charge is 0.181 e. The first kappa shape index (κ1) is 26.6. The first-order chi connectivity index (χ1) is 21.2. The van der Waals surface area contributed by atoms with Gasteiger partial charge in [0.1, 0.15) is 17.3 Å². The fraction of sp³-hybridized carbons (Fsp3) is 0.108. The molecular formula is C37H29N3O3. The third kappa shape index (κ3) is 5.87. The molecule has 1 aliphatic rings. The highest BCUT2D eigenvalue weighted by molar-refractivity contribution is 5.82. The van der Waals surface area contributed by atoms with Gasteiger partial charge in [-0.25, -0.2) is 9.97 Å². The van der Waals surface area contributed by atoms with E-state index in [1.807, 2.05) is 36.4 Å². The first-order valence-corrected chi connectivity index (χ1v) is 14.3. The predicted molar refractivity (Wildman–Crippen MR) is 169 cm³/mol. The third-order valence-corrected chi connectivity index (χ3v) is 7.97. The molecule has 0 saturated heterocycles. The van der Waals surface area contributed by atoms with Gasteiger partial charge in [0.25, 0.3) is 0 Å². The number of aromatic nitrogens is 2. The van der Waals surface area contributed by atoms with E-state index >= 15 is 0 Å². The lowest BCUT2D eigenvalue weighted by molar-refractivity contribution is 0.112. The van der Waals surface area contributed by atoms with Crippen molar-refractivity contribution in [2.45, 2.75) is 25.4 Å². The molecule has 6 heteroatoms. The van der Waals surface area contributed by atoms with Crippen molar-refractivity contribution >= 4 is 28.5 Å². The minimum atomic E-state index is 0.543. The van der Waals surface area contributed by atoms with Gasteiger partial charge in [0.05, 0.1) is 0 Å². The van der Waals surface area contributed by atoms with Gasteiger partial charge < -0.3 is 14.2 Å². The van der Waals surface area contributed by atoms with Crippen molar-refractivity contribution in [1.82, 2.24) is 15.3 Å². The fourth-order valence-corrected chi connectivity index (χ4v) is 5.61. The Labute approximate surface area is 249 Å². The number of hydrogen-bond acceptors (Lipinski definition) is 6. The molecule has 2 aromatic heterocycles. The van der Waals surface area contributed by atoms with E-state index in [9.17, 15) is 4.79 Å². The molecule has 1 N–H and O–H groups in total. The van der Waals surface area contributed by atoms with E-state index < -0.39 is 0 Å². The maximum Gasteiger partial charge on any atom is 0.181 e. The Kier molecular flexibility index (Phi) is 7.34. The van der Waals surface area contributed by atoms with Gasteiger partial charge in [-0.1, -0.05) is 84.9 Å². The Morgan fingerprint density at radius 1 is 0.651 bits per heavy atom. The van der Waals surface area contributed by atoms with Crippen molar-refractivity contribution in [1.29, 1.82) is 0 Å². The van der Waals surface area contributed by atoms with Crippen LogP contribution in [0.1, 0.15) is 27.0 Å². The molecule has 0 bridgehead atoms. The highest BCUT2D eigenvalue weighted by Gasteiger charge is 2.20. The SMILES string of the molecule is O=Cc1ccc(-c2ccc3ocnc3c2)cc1.c1ccc2c(c1)CC(NCc1ccc(-c3ccc4ocnc4c3)cc1)C2. The van der Waals surface area contributed by atoms with Crippen LogP contribution in [-0.2, 0) is 19.4 Å². The van der Waals surface area contributed by atoms with E-state index in [0.717, 1.165) is 64.6 Å². The molecular weight excluding hydrogens is 534 g/mol. The van der Waals surface area contributed by atoms with Crippen molar-refractivity contribution < 1.29 is 13.6 Å². The van der Waals surface area contributed by atoms with Gasteiger partial charge in [-0.3, -0.25) is 4.79 Å². The van der Waals surface area contributed by atoms with Gasteiger partial charge in [-0.05, 0) is 76.1 Å². The number of hydrogen-bond donors (Lipinski definition) is 1. The summed E-state index contributed by atoms with van der Waals surface area (Å²) in [6.45, 7) is 0.904. The van der Waals surface area contributed by atoms with Gasteiger partial charge in [0, 0.05) is 18.2 Å². The molecule has 0 fully saturated rings. The summed E-state index contributed by atoms with van der Waals surface area (Å²) in [6, 6.07) is 37.5. The van der Waals surface area contributed by atoms with Gasteiger partial charge in [-0.15, -0.1) is 0 Å². The summed E-state index contributed by atoms with van der Waals surface area (Å²) in [4.78, 5) is 18.9. The van der Waals surface area contributed by atoms with Crippen LogP contribution in [0.3, 0.4) is 0 Å². The maximum atomic E-state index is 10.6. The van der Waals surface area contributed by atoms with Crippen LogP contribution < -0.4 is 5.32 Å². The normalized spacial score (nSPS) is 12.7. The number of nitrogens with zero attached hydrogens (tertiary/aromatic N) is 2. The molecule has 7 aromatic rings. The maximum absolute atomic E-state index is 10.6. The number of carbonyl (C=O) groups is 1. The van der Waals surface area contributed by atoms with Crippen molar-refractivity contribution in [3.8, 4) is 22.3 Å². The number of benzene rings is 5. The molecule has 0 radical (unpaired) electrons. The Balaban J connectivity index is 0.000000153. The second-order valence-electron chi connectivity index (χ2n) is 10.8. The number of rotatable bonds is 6. The molecule has 2 heterocycles. The van der Waals surface area contributed by atoms with Gasteiger partial charge in [0.15, 0.2) is 24.0 Å². The number of nitrogens with one attached hydrogen (secondary N) is 1. The van der Waals surface area contributed by atoms with E-state index in [1.54, 1.807) is 12.1 Å². The standard InChI is InChI=1S/C23H20N2O.C14H9NO2/c1-2-4-19-12-21(11-18(19)3-1)24-14-16-5-7-17(8-6-16)20-9-10-23-22(13-20)25-15-26-23;16-8-10-1-3-11(4-2-10)12-5-6-14-13(7-12)15-9-17-14/h1-10,13,15,21,24H,11-12,14H2;1-9H. The van der Waals surface area contributed by atoms with Gasteiger partial charge in [-0.2, -0.15) is 0 Å². The molecule has 210 valence electrons. The van der Waals surface area contributed by atoms with E-state index in [4.69, 9.17) is 8.83 Å². The van der Waals surface area contributed by atoms with Crippen LogP contribution in [-0.4, -0.2) is 22.3 Å². The quantitative estimate of drug-likeness (QED) is 0.206. The number of aldehydes is 1. The van der Waals surface area contributed by atoms with Gasteiger partial charge in [0.2, 0.25) is 0 Å². The van der Waals surface area contributed by atoms with Crippen LogP contribution in [0.2, 0.25) is 0 Å². The van der Waals surface area contributed by atoms with Crippen LogP contribution in [0, 0.1) is 0 Å². The lowest BCUT2D eigenvalue weighted by Crippen LogP contribution is -2.28. The number of carbonyl (C=O) groups excluding carboxylic acids is 1. The third-order valence-electron chi connectivity index (χ3n) is 7.97. The number of oxazole rings is 2. The largest absolute Gasteiger partial charge is 0.443 e. The average Bonchev–Trinajstić information content (AvgIpc) is 3.83. The summed E-state index contributed by atoms with van der Waals surface area (Å²) in [5, 5.41) is 3.70. The summed E-state index contributed by atoms with van der Waals surface area (Å²) < 4.78 is 10.5. The molecule has 8 rings (SSSR count). The summed E-state index contributed by atoms with van der Waals surface area (Å²) in [5.74, 6) is 0. The highest BCUT2D eigenvalue weighted by atomic mass is 16.3. The van der Waals surface area contributed by atoms with Crippen LogP contribution >= 0.6 is 0 Å². The minimum absolute atomic E-state index is 0.543. The van der Waals surface area contributed by atoms with E-state index in [2.05, 4.69) is 75.9 Å². The summed E-state index contributed by atoms with van der Waals surface area (Å²) >= 11 is 0. The highest BCUT2D eigenvalue weighted by Crippen LogP contribution is 2.26. The molecule has 0 atom stereocenters. The zero-order valence-electron chi connectivity index (χ0n) is 23.4. The van der Waals surface area contributed by atoms with Crippen molar-refractivity contribution in [3.63, 3.8) is 0 Å². The molecule has 6 nitrogen and oxygen atoms in total. The molecule has 5 aromatic carbocycles. The van der Waals surface area contributed by atoms with E-state index in [1.165, 1.54) is 35.0 Å². The fourth-order valence-electron chi connectivity index (χ4n) is 5.61.